The van der Waals surface area contributed by atoms with Crippen molar-refractivity contribution < 1.29 is 0 Å². The van der Waals surface area contributed by atoms with Crippen molar-refractivity contribution in [2.24, 2.45) is 5.92 Å². The summed E-state index contributed by atoms with van der Waals surface area (Å²) in [5.74, 6) is 1.53. The molecule has 3 rings (SSSR count). The lowest BCUT2D eigenvalue weighted by atomic mass is 9.94. The van der Waals surface area contributed by atoms with Crippen molar-refractivity contribution >= 4 is 24.8 Å². The highest BCUT2D eigenvalue weighted by Crippen LogP contribution is 2.16. The second-order valence-corrected chi connectivity index (χ2v) is 5.82. The molecule has 2 aromatic heterocycles. The Bertz CT molecular complexity index is 665. The van der Waals surface area contributed by atoms with Gasteiger partial charge in [-0.3, -0.25) is 9.55 Å². The Balaban J connectivity index is 0.00000144. The maximum atomic E-state index is 12.5. The lowest BCUT2D eigenvalue weighted by Gasteiger charge is -2.21. The average Bonchev–Trinajstić information content (AvgIpc) is 2.84. The molecule has 3 heterocycles. The van der Waals surface area contributed by atoms with Crippen LogP contribution in [0.25, 0.3) is 0 Å². The van der Waals surface area contributed by atoms with Gasteiger partial charge in [-0.2, -0.15) is 5.10 Å². The second kappa shape index (κ2) is 9.81. The van der Waals surface area contributed by atoms with E-state index >= 15 is 0 Å². The first-order valence-corrected chi connectivity index (χ1v) is 8.05. The van der Waals surface area contributed by atoms with Gasteiger partial charge in [0.1, 0.15) is 5.82 Å². The second-order valence-electron chi connectivity index (χ2n) is 5.82. The predicted molar refractivity (Wildman–Crippen MR) is 99.3 cm³/mol. The minimum absolute atomic E-state index is 0. The van der Waals surface area contributed by atoms with Gasteiger partial charge in [0.15, 0.2) is 0 Å². The molecule has 1 aliphatic rings. The van der Waals surface area contributed by atoms with Crippen LogP contribution in [-0.4, -0.2) is 32.4 Å². The van der Waals surface area contributed by atoms with E-state index in [4.69, 9.17) is 0 Å². The molecule has 2 aromatic rings. The van der Waals surface area contributed by atoms with Crippen molar-refractivity contribution in [1.82, 2.24) is 24.6 Å². The zero-order valence-corrected chi connectivity index (χ0v) is 15.5. The minimum Gasteiger partial charge on any atom is -0.317 e. The third kappa shape index (κ3) is 4.82. The van der Waals surface area contributed by atoms with E-state index in [2.05, 4.69) is 15.4 Å². The molecule has 6 nitrogen and oxygen atoms in total. The predicted octanol–water partition coefficient (Wildman–Crippen LogP) is 1.89. The summed E-state index contributed by atoms with van der Waals surface area (Å²) in [7, 11) is 0. The zero-order chi connectivity index (χ0) is 15.4. The van der Waals surface area contributed by atoms with E-state index in [9.17, 15) is 4.79 Å². The molecule has 24 heavy (non-hydrogen) atoms. The molecule has 0 aliphatic carbocycles. The first-order valence-electron chi connectivity index (χ1n) is 8.05. The number of halogens is 2. The van der Waals surface area contributed by atoms with Crippen molar-refractivity contribution in [2.75, 3.05) is 13.1 Å². The maximum Gasteiger partial charge on any atom is 0.346 e. The number of aromatic nitrogens is 4. The van der Waals surface area contributed by atoms with Crippen LogP contribution in [0.4, 0.5) is 0 Å². The minimum atomic E-state index is -0.0305. The van der Waals surface area contributed by atoms with Crippen molar-refractivity contribution in [3.63, 3.8) is 0 Å². The molecule has 0 unspecified atom stereocenters. The number of nitrogens with one attached hydrogen (secondary N) is 1. The molecule has 0 spiro atoms. The van der Waals surface area contributed by atoms with Crippen molar-refractivity contribution in [3.8, 4) is 0 Å². The molecule has 0 aromatic carbocycles. The van der Waals surface area contributed by atoms with E-state index in [1.54, 1.807) is 15.4 Å². The van der Waals surface area contributed by atoms with Gasteiger partial charge in [0.2, 0.25) is 0 Å². The molecular weight excluding hydrogens is 349 g/mol. The van der Waals surface area contributed by atoms with E-state index in [-0.39, 0.29) is 30.5 Å². The van der Waals surface area contributed by atoms with Crippen LogP contribution in [-0.2, 0) is 19.5 Å². The highest BCUT2D eigenvalue weighted by atomic mass is 35.5. The Labute approximate surface area is 154 Å². The smallest absolute Gasteiger partial charge is 0.317 e. The third-order valence-corrected chi connectivity index (χ3v) is 4.28. The summed E-state index contributed by atoms with van der Waals surface area (Å²) < 4.78 is 3.34. The van der Waals surface area contributed by atoms with Crippen LogP contribution in [0.15, 0.2) is 29.2 Å². The molecule has 1 N–H and O–H groups in total. The molecule has 0 saturated carbocycles. The average molecular weight is 374 g/mol. The van der Waals surface area contributed by atoms with Gasteiger partial charge in [0.05, 0.1) is 12.2 Å². The summed E-state index contributed by atoms with van der Waals surface area (Å²) in [5, 5.41) is 7.95. The van der Waals surface area contributed by atoms with Crippen LogP contribution in [0.2, 0.25) is 0 Å². The topological polar surface area (TPSA) is 64.7 Å². The Morgan fingerprint density at radius 3 is 2.62 bits per heavy atom. The van der Waals surface area contributed by atoms with Gasteiger partial charge < -0.3 is 5.32 Å². The van der Waals surface area contributed by atoms with Gasteiger partial charge in [0.25, 0.3) is 0 Å². The van der Waals surface area contributed by atoms with Gasteiger partial charge in [-0.25, -0.2) is 9.48 Å². The Hall–Kier alpha value is -1.37. The molecule has 1 saturated heterocycles. The van der Waals surface area contributed by atoms with Crippen molar-refractivity contribution in [3.05, 3.63) is 46.4 Å². The van der Waals surface area contributed by atoms with Gasteiger partial charge in [-0.1, -0.05) is 6.07 Å². The number of hydrogen-bond acceptors (Lipinski definition) is 4. The SMILES string of the molecule is CCn1c(CC2CCNCC2)nn(Cc2ccccn2)c1=O.Cl.Cl. The first kappa shape index (κ1) is 20.7. The summed E-state index contributed by atoms with van der Waals surface area (Å²) in [5.41, 5.74) is 0.829. The quantitative estimate of drug-likeness (QED) is 0.868. The molecule has 1 fully saturated rings. The third-order valence-electron chi connectivity index (χ3n) is 4.28. The van der Waals surface area contributed by atoms with E-state index in [1.807, 2.05) is 25.1 Å². The van der Waals surface area contributed by atoms with Crippen LogP contribution in [0.5, 0.6) is 0 Å². The Morgan fingerprint density at radius 2 is 2.00 bits per heavy atom. The van der Waals surface area contributed by atoms with Crippen LogP contribution in [0.1, 0.15) is 31.3 Å². The van der Waals surface area contributed by atoms with Gasteiger partial charge in [-0.15, -0.1) is 24.8 Å². The van der Waals surface area contributed by atoms with Crippen LogP contribution in [0.3, 0.4) is 0 Å². The maximum absolute atomic E-state index is 12.5. The van der Waals surface area contributed by atoms with E-state index in [1.165, 1.54) is 0 Å². The number of pyridine rings is 1. The monoisotopic (exact) mass is 373 g/mol. The Kier molecular flexibility index (Phi) is 8.45. The van der Waals surface area contributed by atoms with Crippen molar-refractivity contribution in [1.29, 1.82) is 0 Å². The van der Waals surface area contributed by atoms with Crippen molar-refractivity contribution in [2.45, 2.75) is 39.3 Å². The lowest BCUT2D eigenvalue weighted by Crippen LogP contribution is -2.30. The molecule has 0 amide bonds. The molecule has 8 heteroatoms. The summed E-state index contributed by atoms with van der Waals surface area (Å²) in [6.07, 6.45) is 4.95. The molecule has 0 atom stereocenters. The summed E-state index contributed by atoms with van der Waals surface area (Å²) in [6, 6.07) is 5.73. The molecule has 1 aliphatic heterocycles. The number of rotatable bonds is 5. The fourth-order valence-corrected chi connectivity index (χ4v) is 3.05. The first-order chi connectivity index (χ1) is 10.8. The zero-order valence-electron chi connectivity index (χ0n) is 13.9. The summed E-state index contributed by atoms with van der Waals surface area (Å²) in [6.45, 7) is 5.23. The van der Waals surface area contributed by atoms with Crippen LogP contribution in [0, 0.1) is 5.92 Å². The highest BCUT2D eigenvalue weighted by molar-refractivity contribution is 5.85. The summed E-state index contributed by atoms with van der Waals surface area (Å²) >= 11 is 0. The molecule has 0 bridgehead atoms. The fraction of sp³-hybridized carbons (Fsp3) is 0.562. The van der Waals surface area contributed by atoms with Gasteiger partial charge in [-0.05, 0) is 50.9 Å². The number of piperidine rings is 1. The standard InChI is InChI=1S/C16H23N5O.2ClH/c1-2-20-15(11-13-6-9-17-10-7-13)19-21(16(20)22)12-14-5-3-4-8-18-14;;/h3-5,8,13,17H,2,6-7,9-12H2,1H3;2*1H. The largest absolute Gasteiger partial charge is 0.346 e. The molecule has 0 radical (unpaired) electrons. The number of hydrogen-bond donors (Lipinski definition) is 1. The van der Waals surface area contributed by atoms with Gasteiger partial charge in [0, 0.05) is 19.2 Å². The van der Waals surface area contributed by atoms with Gasteiger partial charge >= 0.3 is 5.69 Å². The normalized spacial score (nSPS) is 14.7. The van der Waals surface area contributed by atoms with E-state index in [0.29, 0.717) is 19.0 Å². The Morgan fingerprint density at radius 1 is 1.25 bits per heavy atom. The number of nitrogens with zero attached hydrogens (tertiary/aromatic N) is 4. The van der Waals surface area contributed by atoms with Crippen LogP contribution >= 0.6 is 24.8 Å². The fourth-order valence-electron chi connectivity index (χ4n) is 3.05. The van der Waals surface area contributed by atoms with E-state index < -0.39 is 0 Å². The molecular formula is C16H25Cl2N5O. The summed E-state index contributed by atoms with van der Waals surface area (Å²) in [4.78, 5) is 16.8. The highest BCUT2D eigenvalue weighted by Gasteiger charge is 2.19. The lowest BCUT2D eigenvalue weighted by molar-refractivity contribution is 0.362. The molecule has 134 valence electrons. The van der Waals surface area contributed by atoms with E-state index in [0.717, 1.165) is 43.9 Å². The van der Waals surface area contributed by atoms with Crippen LogP contribution < -0.4 is 11.0 Å².